The van der Waals surface area contributed by atoms with Crippen LogP contribution in [-0.2, 0) is 0 Å². The van der Waals surface area contributed by atoms with E-state index in [0.717, 1.165) is 16.9 Å². The Bertz CT molecular complexity index is 889. The van der Waals surface area contributed by atoms with Gasteiger partial charge in [0.2, 0.25) is 0 Å². The summed E-state index contributed by atoms with van der Waals surface area (Å²) in [5, 5.41) is 13.2. The summed E-state index contributed by atoms with van der Waals surface area (Å²) in [6, 6.07) is 23.9. The summed E-state index contributed by atoms with van der Waals surface area (Å²) in [6.45, 7) is 0. The van der Waals surface area contributed by atoms with Gasteiger partial charge in [-0.2, -0.15) is 5.10 Å². The van der Waals surface area contributed by atoms with E-state index in [4.69, 9.17) is 0 Å². The molecular weight excluding hydrogens is 326 g/mol. The molecule has 0 saturated heterocycles. The van der Waals surface area contributed by atoms with Crippen molar-refractivity contribution >= 4 is 23.5 Å². The van der Waals surface area contributed by atoms with Crippen LogP contribution in [0, 0.1) is 0 Å². The van der Waals surface area contributed by atoms with Gasteiger partial charge in [-0.25, -0.2) is 5.43 Å². The highest BCUT2D eigenvalue weighted by Gasteiger charge is 2.04. The Kier molecular flexibility index (Phi) is 5.29. The minimum Gasteiger partial charge on any atom is -0.508 e. The van der Waals surface area contributed by atoms with Crippen molar-refractivity contribution in [3.05, 3.63) is 90.0 Å². The third-order valence-corrected chi connectivity index (χ3v) is 3.93. The first-order valence-electron chi connectivity index (χ1n) is 8.15. The highest BCUT2D eigenvalue weighted by Crippen LogP contribution is 2.22. The molecule has 0 aliphatic heterocycles. The average Bonchev–Trinajstić information content (AvgIpc) is 2.69. The number of nitrogens with one attached hydrogen (secondary N) is 1. The van der Waals surface area contributed by atoms with Gasteiger partial charge in [0, 0.05) is 24.0 Å². The van der Waals surface area contributed by atoms with E-state index in [-0.39, 0.29) is 11.7 Å². The molecule has 0 fully saturated rings. The Labute approximate surface area is 152 Å². The molecule has 0 bridgehead atoms. The van der Waals surface area contributed by atoms with E-state index >= 15 is 0 Å². The topological polar surface area (TPSA) is 64.9 Å². The molecule has 0 radical (unpaired) electrons. The molecular formula is C21H19N3O2. The molecule has 0 aromatic heterocycles. The third kappa shape index (κ3) is 4.27. The maximum Gasteiger partial charge on any atom is 0.271 e. The number of rotatable bonds is 5. The van der Waals surface area contributed by atoms with Crippen LogP contribution < -0.4 is 10.3 Å². The minimum atomic E-state index is -0.332. The molecule has 0 spiro atoms. The number of para-hydroxylation sites is 1. The van der Waals surface area contributed by atoms with Gasteiger partial charge >= 0.3 is 0 Å². The average molecular weight is 345 g/mol. The second-order valence-electron chi connectivity index (χ2n) is 5.73. The fourth-order valence-corrected chi connectivity index (χ4v) is 2.43. The summed E-state index contributed by atoms with van der Waals surface area (Å²) in [5.41, 5.74) is 5.94. The largest absolute Gasteiger partial charge is 0.508 e. The highest BCUT2D eigenvalue weighted by molar-refractivity contribution is 5.95. The van der Waals surface area contributed by atoms with Gasteiger partial charge in [-0.3, -0.25) is 4.79 Å². The standard InChI is InChI=1S/C21H19N3O2/c1-24(18-5-3-2-4-6-18)19-11-7-16(8-12-19)15-22-23-21(26)17-9-13-20(25)14-10-17/h2-15,25H,1H3,(H,23,26)/b22-15-. The van der Waals surface area contributed by atoms with Crippen molar-refractivity contribution in [1.82, 2.24) is 5.43 Å². The molecule has 0 atom stereocenters. The minimum absolute atomic E-state index is 0.116. The number of carbonyl (C=O) groups excluding carboxylic acids is 1. The van der Waals surface area contributed by atoms with Crippen LogP contribution in [0.2, 0.25) is 0 Å². The summed E-state index contributed by atoms with van der Waals surface area (Å²) >= 11 is 0. The fraction of sp³-hybridized carbons (Fsp3) is 0.0476. The van der Waals surface area contributed by atoms with E-state index in [9.17, 15) is 9.90 Å². The molecule has 26 heavy (non-hydrogen) atoms. The lowest BCUT2D eigenvalue weighted by Gasteiger charge is -2.19. The zero-order valence-corrected chi connectivity index (χ0v) is 14.3. The van der Waals surface area contributed by atoms with E-state index in [1.807, 2.05) is 61.6 Å². The smallest absolute Gasteiger partial charge is 0.271 e. The molecule has 0 saturated carbocycles. The van der Waals surface area contributed by atoms with Gasteiger partial charge in [0.15, 0.2) is 0 Å². The molecule has 0 aliphatic rings. The van der Waals surface area contributed by atoms with E-state index in [2.05, 4.69) is 15.4 Å². The number of benzene rings is 3. The molecule has 3 rings (SSSR count). The summed E-state index contributed by atoms with van der Waals surface area (Å²) in [7, 11) is 2.01. The number of hydrogen-bond acceptors (Lipinski definition) is 4. The molecule has 2 N–H and O–H groups in total. The molecule has 5 heteroatoms. The number of carbonyl (C=O) groups is 1. The van der Waals surface area contributed by atoms with E-state index in [1.54, 1.807) is 6.21 Å². The molecule has 3 aromatic rings. The van der Waals surface area contributed by atoms with Crippen molar-refractivity contribution in [2.24, 2.45) is 5.10 Å². The number of phenolic OH excluding ortho intramolecular Hbond substituents is 1. The van der Waals surface area contributed by atoms with Crippen molar-refractivity contribution in [2.75, 3.05) is 11.9 Å². The Morgan fingerprint density at radius 2 is 1.54 bits per heavy atom. The van der Waals surface area contributed by atoms with Crippen molar-refractivity contribution in [1.29, 1.82) is 0 Å². The summed E-state index contributed by atoms with van der Waals surface area (Å²) in [6.07, 6.45) is 1.59. The van der Waals surface area contributed by atoms with Gasteiger partial charge in [-0.05, 0) is 54.1 Å². The van der Waals surface area contributed by atoms with E-state index in [1.165, 1.54) is 24.3 Å². The molecule has 130 valence electrons. The number of hydrogen-bond donors (Lipinski definition) is 2. The molecule has 5 nitrogen and oxygen atoms in total. The number of nitrogens with zero attached hydrogens (tertiary/aromatic N) is 2. The predicted octanol–water partition coefficient (Wildman–Crippen LogP) is 3.92. The lowest BCUT2D eigenvalue weighted by atomic mass is 10.2. The molecule has 0 unspecified atom stereocenters. The second kappa shape index (κ2) is 7.98. The van der Waals surface area contributed by atoms with Crippen LogP contribution in [0.1, 0.15) is 15.9 Å². The Morgan fingerprint density at radius 3 is 2.19 bits per heavy atom. The van der Waals surface area contributed by atoms with Crippen LogP contribution in [0.3, 0.4) is 0 Å². The normalized spacial score (nSPS) is 10.7. The molecule has 0 heterocycles. The van der Waals surface area contributed by atoms with Crippen LogP contribution in [0.25, 0.3) is 0 Å². The van der Waals surface area contributed by atoms with Crippen molar-refractivity contribution in [3.63, 3.8) is 0 Å². The zero-order chi connectivity index (χ0) is 18.4. The Hall–Kier alpha value is -3.60. The Morgan fingerprint density at radius 1 is 0.923 bits per heavy atom. The Balaban J connectivity index is 1.61. The lowest BCUT2D eigenvalue weighted by molar-refractivity contribution is 0.0955. The van der Waals surface area contributed by atoms with Gasteiger partial charge in [0.25, 0.3) is 5.91 Å². The van der Waals surface area contributed by atoms with Gasteiger partial charge in [0.1, 0.15) is 5.75 Å². The summed E-state index contributed by atoms with van der Waals surface area (Å²) < 4.78 is 0. The van der Waals surface area contributed by atoms with Crippen molar-refractivity contribution in [3.8, 4) is 5.75 Å². The zero-order valence-electron chi connectivity index (χ0n) is 14.3. The summed E-state index contributed by atoms with van der Waals surface area (Å²) in [5.74, 6) is -0.215. The second-order valence-corrected chi connectivity index (χ2v) is 5.73. The SMILES string of the molecule is CN(c1ccccc1)c1ccc(/C=N\NC(=O)c2ccc(O)cc2)cc1. The number of amides is 1. The van der Waals surface area contributed by atoms with Crippen LogP contribution in [-0.4, -0.2) is 24.3 Å². The molecule has 3 aromatic carbocycles. The predicted molar refractivity (Wildman–Crippen MR) is 104 cm³/mol. The molecule has 0 aliphatic carbocycles. The van der Waals surface area contributed by atoms with Crippen LogP contribution >= 0.6 is 0 Å². The number of aromatic hydroxyl groups is 1. The van der Waals surface area contributed by atoms with Gasteiger partial charge in [0.05, 0.1) is 6.21 Å². The number of anilines is 2. The third-order valence-electron chi connectivity index (χ3n) is 3.93. The van der Waals surface area contributed by atoms with Crippen molar-refractivity contribution < 1.29 is 9.90 Å². The van der Waals surface area contributed by atoms with E-state index < -0.39 is 0 Å². The van der Waals surface area contributed by atoms with E-state index in [0.29, 0.717) is 5.56 Å². The van der Waals surface area contributed by atoms with Gasteiger partial charge < -0.3 is 10.0 Å². The maximum absolute atomic E-state index is 11.9. The highest BCUT2D eigenvalue weighted by atomic mass is 16.3. The van der Waals surface area contributed by atoms with Crippen molar-refractivity contribution in [2.45, 2.75) is 0 Å². The number of hydrazone groups is 1. The monoisotopic (exact) mass is 345 g/mol. The first-order valence-corrected chi connectivity index (χ1v) is 8.15. The van der Waals surface area contributed by atoms with Crippen LogP contribution in [0.4, 0.5) is 11.4 Å². The maximum atomic E-state index is 11.9. The fourth-order valence-electron chi connectivity index (χ4n) is 2.43. The first-order chi connectivity index (χ1) is 12.6. The lowest BCUT2D eigenvalue weighted by Crippen LogP contribution is -2.17. The summed E-state index contributed by atoms with van der Waals surface area (Å²) in [4.78, 5) is 14.0. The quantitative estimate of drug-likeness (QED) is 0.544. The van der Waals surface area contributed by atoms with Crippen LogP contribution in [0.5, 0.6) is 5.75 Å². The first kappa shape index (κ1) is 17.2. The number of phenols is 1. The molecule has 1 amide bonds. The van der Waals surface area contributed by atoms with Gasteiger partial charge in [-0.15, -0.1) is 0 Å². The van der Waals surface area contributed by atoms with Gasteiger partial charge in [-0.1, -0.05) is 30.3 Å². The van der Waals surface area contributed by atoms with Crippen LogP contribution in [0.15, 0.2) is 84.0 Å².